The van der Waals surface area contributed by atoms with E-state index in [9.17, 15) is 9.59 Å². The predicted molar refractivity (Wildman–Crippen MR) is 107 cm³/mol. The van der Waals surface area contributed by atoms with Crippen LogP contribution < -0.4 is 5.56 Å². The lowest BCUT2D eigenvalue weighted by atomic mass is 9.97. The lowest BCUT2D eigenvalue weighted by Crippen LogP contribution is -2.40. The summed E-state index contributed by atoms with van der Waals surface area (Å²) in [5.41, 5.74) is 3.36. The number of amides is 1. The molecule has 1 amide bonds. The first-order chi connectivity index (χ1) is 13.5. The minimum absolute atomic E-state index is 0.00402. The van der Waals surface area contributed by atoms with Crippen molar-refractivity contribution in [3.8, 4) is 5.95 Å². The highest BCUT2D eigenvalue weighted by Gasteiger charge is 2.24. The van der Waals surface area contributed by atoms with Crippen LogP contribution >= 0.6 is 0 Å². The summed E-state index contributed by atoms with van der Waals surface area (Å²) >= 11 is 0. The Bertz CT molecular complexity index is 935. The fourth-order valence-electron chi connectivity index (χ4n) is 4.37. The van der Waals surface area contributed by atoms with Gasteiger partial charge in [-0.05, 0) is 58.4 Å². The van der Waals surface area contributed by atoms with Crippen LogP contribution in [0.3, 0.4) is 0 Å². The van der Waals surface area contributed by atoms with Gasteiger partial charge in [0.05, 0.1) is 11.4 Å². The molecule has 0 bridgehead atoms. The van der Waals surface area contributed by atoms with E-state index in [0.717, 1.165) is 74.3 Å². The highest BCUT2D eigenvalue weighted by atomic mass is 16.2. The van der Waals surface area contributed by atoms with Gasteiger partial charge in [0.2, 0.25) is 11.9 Å². The Morgan fingerprint density at radius 2 is 1.75 bits per heavy atom. The summed E-state index contributed by atoms with van der Waals surface area (Å²) in [6, 6.07) is 1.96. The fourth-order valence-corrected chi connectivity index (χ4v) is 4.37. The Hall–Kier alpha value is -2.44. The summed E-state index contributed by atoms with van der Waals surface area (Å²) < 4.78 is 3.26. The minimum atomic E-state index is -0.0737. The third-order valence-corrected chi connectivity index (χ3v) is 5.87. The van der Waals surface area contributed by atoms with E-state index in [4.69, 9.17) is 4.98 Å². The number of carbonyl (C=O) groups excluding carboxylic acids is 1. The van der Waals surface area contributed by atoms with Gasteiger partial charge in [0.1, 0.15) is 6.54 Å². The Morgan fingerprint density at radius 1 is 1.04 bits per heavy atom. The first-order valence-electron chi connectivity index (χ1n) is 10.5. The number of hydrogen-bond donors (Lipinski definition) is 0. The summed E-state index contributed by atoms with van der Waals surface area (Å²) in [5, 5.41) is 4.54. The number of likely N-dealkylation sites (tertiary alicyclic amines) is 1. The lowest BCUT2D eigenvalue weighted by molar-refractivity contribution is -0.131. The SMILES string of the molecule is Cc1cc(C)n(-c2nc3c(c(=O)n2CC(=O)N2CCCCCC2)CCCC3)n1. The highest BCUT2D eigenvalue weighted by molar-refractivity contribution is 5.76. The standard InChI is InChI=1S/C21H29N5O2/c1-15-13-16(2)26(23-15)21-22-18-10-6-5-9-17(18)20(28)25(21)14-19(27)24-11-7-3-4-8-12-24/h13H,3-12,14H2,1-2H3. The lowest BCUT2D eigenvalue weighted by Gasteiger charge is -2.23. The molecule has 1 aliphatic heterocycles. The molecule has 1 saturated heterocycles. The Labute approximate surface area is 165 Å². The van der Waals surface area contributed by atoms with Crippen molar-refractivity contribution in [1.29, 1.82) is 0 Å². The Balaban J connectivity index is 1.77. The summed E-state index contributed by atoms with van der Waals surface area (Å²) in [7, 11) is 0. The molecule has 28 heavy (non-hydrogen) atoms. The van der Waals surface area contributed by atoms with Crippen molar-refractivity contribution in [1.82, 2.24) is 24.2 Å². The van der Waals surface area contributed by atoms with Gasteiger partial charge in [0.15, 0.2) is 0 Å². The molecule has 0 saturated carbocycles. The van der Waals surface area contributed by atoms with Crippen LogP contribution in [-0.2, 0) is 24.2 Å². The molecule has 0 unspecified atom stereocenters. The second-order valence-corrected chi connectivity index (χ2v) is 8.07. The third kappa shape index (κ3) is 3.62. The third-order valence-electron chi connectivity index (χ3n) is 5.87. The molecule has 0 N–H and O–H groups in total. The van der Waals surface area contributed by atoms with E-state index in [-0.39, 0.29) is 18.0 Å². The molecule has 1 aliphatic carbocycles. The number of hydrogen-bond acceptors (Lipinski definition) is 4. The van der Waals surface area contributed by atoms with E-state index < -0.39 is 0 Å². The normalized spacial score (nSPS) is 17.3. The minimum Gasteiger partial charge on any atom is -0.341 e. The summed E-state index contributed by atoms with van der Waals surface area (Å²) in [4.78, 5) is 33.1. The maximum atomic E-state index is 13.3. The number of fused-ring (bicyclic) bond motifs is 1. The van der Waals surface area contributed by atoms with E-state index in [1.807, 2.05) is 24.8 Å². The van der Waals surface area contributed by atoms with Crippen LogP contribution in [0.5, 0.6) is 0 Å². The van der Waals surface area contributed by atoms with Gasteiger partial charge in [0, 0.05) is 24.3 Å². The van der Waals surface area contributed by atoms with Crippen molar-refractivity contribution >= 4 is 5.91 Å². The molecular weight excluding hydrogens is 354 g/mol. The van der Waals surface area contributed by atoms with Crippen LogP contribution in [0.4, 0.5) is 0 Å². The largest absolute Gasteiger partial charge is 0.341 e. The van der Waals surface area contributed by atoms with Gasteiger partial charge >= 0.3 is 0 Å². The molecule has 3 heterocycles. The maximum absolute atomic E-state index is 13.3. The van der Waals surface area contributed by atoms with Crippen LogP contribution in [0.15, 0.2) is 10.9 Å². The van der Waals surface area contributed by atoms with Crippen molar-refractivity contribution in [2.75, 3.05) is 13.1 Å². The topological polar surface area (TPSA) is 73.0 Å². The molecular formula is C21H29N5O2. The van der Waals surface area contributed by atoms with Crippen molar-refractivity contribution in [2.24, 2.45) is 0 Å². The molecule has 2 aliphatic rings. The molecule has 2 aromatic rings. The molecule has 4 rings (SSSR count). The number of aromatic nitrogens is 4. The molecule has 1 fully saturated rings. The van der Waals surface area contributed by atoms with Gasteiger partial charge in [-0.1, -0.05) is 12.8 Å². The Kier molecular flexibility index (Phi) is 5.33. The van der Waals surface area contributed by atoms with Crippen LogP contribution in [0, 0.1) is 13.8 Å². The summed E-state index contributed by atoms with van der Waals surface area (Å²) in [5.74, 6) is 0.476. The molecule has 150 valence electrons. The smallest absolute Gasteiger partial charge is 0.258 e. The van der Waals surface area contributed by atoms with Crippen LogP contribution in [-0.4, -0.2) is 43.2 Å². The summed E-state index contributed by atoms with van der Waals surface area (Å²) in [6.07, 6.45) is 8.02. The van der Waals surface area contributed by atoms with Gasteiger partial charge in [-0.3, -0.25) is 14.2 Å². The first-order valence-corrected chi connectivity index (χ1v) is 10.5. The molecule has 7 nitrogen and oxygen atoms in total. The number of nitrogens with zero attached hydrogens (tertiary/aromatic N) is 5. The quantitative estimate of drug-likeness (QED) is 0.815. The van der Waals surface area contributed by atoms with E-state index in [1.54, 1.807) is 9.25 Å². The number of aryl methyl sites for hydroxylation is 3. The highest BCUT2D eigenvalue weighted by Crippen LogP contribution is 2.19. The van der Waals surface area contributed by atoms with Gasteiger partial charge in [-0.15, -0.1) is 0 Å². The number of carbonyl (C=O) groups is 1. The molecule has 0 atom stereocenters. The van der Waals surface area contributed by atoms with Crippen LogP contribution in [0.1, 0.15) is 61.2 Å². The molecule has 2 aromatic heterocycles. The van der Waals surface area contributed by atoms with Crippen molar-refractivity contribution in [2.45, 2.75) is 71.8 Å². The second kappa shape index (κ2) is 7.89. The van der Waals surface area contributed by atoms with Crippen LogP contribution in [0.25, 0.3) is 5.95 Å². The zero-order chi connectivity index (χ0) is 19.7. The first kappa shape index (κ1) is 18.9. The average Bonchev–Trinajstić information content (AvgIpc) is 2.88. The van der Waals surface area contributed by atoms with Gasteiger partial charge < -0.3 is 4.90 Å². The van der Waals surface area contributed by atoms with Crippen LogP contribution in [0.2, 0.25) is 0 Å². The van der Waals surface area contributed by atoms with E-state index in [2.05, 4.69) is 5.10 Å². The summed E-state index contributed by atoms with van der Waals surface area (Å²) in [6.45, 7) is 5.47. The van der Waals surface area contributed by atoms with Crippen molar-refractivity contribution in [3.05, 3.63) is 39.1 Å². The molecule has 0 radical (unpaired) electrons. The van der Waals surface area contributed by atoms with Gasteiger partial charge in [0.25, 0.3) is 5.56 Å². The van der Waals surface area contributed by atoms with E-state index in [1.165, 1.54) is 12.8 Å². The predicted octanol–water partition coefficient (Wildman–Crippen LogP) is 2.33. The second-order valence-electron chi connectivity index (χ2n) is 8.07. The zero-order valence-corrected chi connectivity index (χ0v) is 16.9. The molecule has 0 spiro atoms. The van der Waals surface area contributed by atoms with Gasteiger partial charge in [-0.2, -0.15) is 5.10 Å². The van der Waals surface area contributed by atoms with E-state index in [0.29, 0.717) is 5.95 Å². The monoisotopic (exact) mass is 383 g/mol. The molecule has 7 heteroatoms. The van der Waals surface area contributed by atoms with Gasteiger partial charge in [-0.25, -0.2) is 9.67 Å². The van der Waals surface area contributed by atoms with Crippen molar-refractivity contribution < 1.29 is 4.79 Å². The molecule has 0 aromatic carbocycles. The Morgan fingerprint density at radius 3 is 2.43 bits per heavy atom. The zero-order valence-electron chi connectivity index (χ0n) is 16.9. The average molecular weight is 383 g/mol. The van der Waals surface area contributed by atoms with E-state index >= 15 is 0 Å². The fraction of sp³-hybridized carbons (Fsp3) is 0.619. The van der Waals surface area contributed by atoms with Crippen molar-refractivity contribution in [3.63, 3.8) is 0 Å². The maximum Gasteiger partial charge on any atom is 0.258 e. The number of rotatable bonds is 3.